The summed E-state index contributed by atoms with van der Waals surface area (Å²) in [5, 5.41) is 0. The third-order valence-corrected chi connectivity index (χ3v) is 1.42. The Morgan fingerprint density at radius 3 is 2.40 bits per heavy atom. The Morgan fingerprint density at radius 1 is 1.40 bits per heavy atom. The van der Waals surface area contributed by atoms with Gasteiger partial charge in [0.15, 0.2) is 0 Å². The first-order valence-corrected chi connectivity index (χ1v) is 3.61. The minimum absolute atomic E-state index is 0.493. The lowest BCUT2D eigenvalue weighted by Gasteiger charge is -1.95. The molecule has 2 N–H and O–H groups in total. The molecule has 0 spiro atoms. The molecule has 0 radical (unpaired) electrons. The Kier molecular flexibility index (Phi) is 2.65. The highest BCUT2D eigenvalue weighted by Gasteiger charge is 1.91. The molecule has 0 fully saturated rings. The van der Waals surface area contributed by atoms with Crippen LogP contribution in [-0.2, 0) is 12.3 Å². The lowest BCUT2D eigenvalue weighted by Crippen LogP contribution is -1.99. The highest BCUT2D eigenvalue weighted by atomic mass is 32.1. The first-order chi connectivity index (χ1) is 4.86. The standard InChI is InChI=1S/C6H9N3S/c7-1-5-2-8-6(4-10)9-3-5/h2-3,10H,1,4,7H2. The van der Waals surface area contributed by atoms with Crippen LogP contribution in [-0.4, -0.2) is 9.97 Å². The average molecular weight is 155 g/mol. The van der Waals surface area contributed by atoms with Gasteiger partial charge in [-0.05, 0) is 0 Å². The average Bonchev–Trinajstić information content (AvgIpc) is 2.05. The maximum absolute atomic E-state index is 5.34. The number of hydrogen-bond donors (Lipinski definition) is 2. The van der Waals surface area contributed by atoms with Gasteiger partial charge in [-0.1, -0.05) is 0 Å². The van der Waals surface area contributed by atoms with Crippen LogP contribution in [0, 0.1) is 0 Å². The molecule has 0 aliphatic carbocycles. The van der Waals surface area contributed by atoms with Gasteiger partial charge in [0.1, 0.15) is 5.82 Å². The first-order valence-electron chi connectivity index (χ1n) is 2.97. The van der Waals surface area contributed by atoms with E-state index in [-0.39, 0.29) is 0 Å². The van der Waals surface area contributed by atoms with Gasteiger partial charge in [-0.3, -0.25) is 0 Å². The summed E-state index contributed by atoms with van der Waals surface area (Å²) < 4.78 is 0. The summed E-state index contributed by atoms with van der Waals surface area (Å²) in [5.41, 5.74) is 6.29. The van der Waals surface area contributed by atoms with Gasteiger partial charge in [0.25, 0.3) is 0 Å². The molecule has 1 rings (SSSR count). The van der Waals surface area contributed by atoms with Crippen LogP contribution in [0.15, 0.2) is 12.4 Å². The van der Waals surface area contributed by atoms with Crippen molar-refractivity contribution in [3.05, 3.63) is 23.8 Å². The summed E-state index contributed by atoms with van der Waals surface area (Å²) in [5.74, 6) is 1.31. The van der Waals surface area contributed by atoms with Crippen molar-refractivity contribution in [3.63, 3.8) is 0 Å². The summed E-state index contributed by atoms with van der Waals surface area (Å²) in [6.45, 7) is 0.493. The van der Waals surface area contributed by atoms with Crippen molar-refractivity contribution in [1.29, 1.82) is 0 Å². The Balaban J connectivity index is 2.80. The normalized spacial score (nSPS) is 9.80. The van der Waals surface area contributed by atoms with E-state index >= 15 is 0 Å². The van der Waals surface area contributed by atoms with Crippen LogP contribution in [0.3, 0.4) is 0 Å². The molecule has 0 bridgehead atoms. The topological polar surface area (TPSA) is 51.8 Å². The van der Waals surface area contributed by atoms with Crippen molar-refractivity contribution in [2.24, 2.45) is 5.73 Å². The second kappa shape index (κ2) is 3.53. The largest absolute Gasteiger partial charge is 0.326 e. The van der Waals surface area contributed by atoms with Gasteiger partial charge in [-0.2, -0.15) is 12.6 Å². The Hall–Kier alpha value is -0.610. The van der Waals surface area contributed by atoms with Crippen molar-refractivity contribution >= 4 is 12.6 Å². The molecule has 4 heteroatoms. The summed E-state index contributed by atoms with van der Waals surface area (Å²) >= 11 is 4.02. The van der Waals surface area contributed by atoms with Crippen LogP contribution in [0.1, 0.15) is 11.4 Å². The van der Waals surface area contributed by atoms with E-state index < -0.39 is 0 Å². The first kappa shape index (κ1) is 7.50. The lowest BCUT2D eigenvalue weighted by atomic mass is 10.3. The molecule has 54 valence electrons. The van der Waals surface area contributed by atoms with Crippen LogP contribution in [0.5, 0.6) is 0 Å². The maximum atomic E-state index is 5.34. The molecular weight excluding hydrogens is 146 g/mol. The fraction of sp³-hybridized carbons (Fsp3) is 0.333. The van der Waals surface area contributed by atoms with Crippen LogP contribution in [0.4, 0.5) is 0 Å². The second-order valence-corrected chi connectivity index (χ2v) is 2.19. The number of rotatable bonds is 2. The SMILES string of the molecule is NCc1cnc(CS)nc1. The molecule has 0 aromatic carbocycles. The van der Waals surface area contributed by atoms with Crippen LogP contribution < -0.4 is 5.73 Å². The molecule has 0 amide bonds. The van der Waals surface area contributed by atoms with Crippen molar-refractivity contribution in [2.75, 3.05) is 0 Å². The van der Waals surface area contributed by atoms with Gasteiger partial charge in [0, 0.05) is 24.5 Å². The molecule has 10 heavy (non-hydrogen) atoms. The van der Waals surface area contributed by atoms with Gasteiger partial charge in [-0.25, -0.2) is 9.97 Å². The zero-order valence-electron chi connectivity index (χ0n) is 5.49. The van der Waals surface area contributed by atoms with Gasteiger partial charge in [-0.15, -0.1) is 0 Å². The van der Waals surface area contributed by atoms with E-state index in [1.165, 1.54) is 0 Å². The van der Waals surface area contributed by atoms with Crippen molar-refractivity contribution in [3.8, 4) is 0 Å². The Bertz CT molecular complexity index is 174. The van der Waals surface area contributed by atoms with Crippen molar-refractivity contribution in [1.82, 2.24) is 9.97 Å². The molecule has 0 unspecified atom stereocenters. The highest BCUT2D eigenvalue weighted by molar-refractivity contribution is 7.79. The van der Waals surface area contributed by atoms with E-state index in [9.17, 15) is 0 Å². The van der Waals surface area contributed by atoms with Gasteiger partial charge in [0.05, 0.1) is 5.75 Å². The van der Waals surface area contributed by atoms with Gasteiger partial charge in [0.2, 0.25) is 0 Å². The monoisotopic (exact) mass is 155 g/mol. The third kappa shape index (κ3) is 1.68. The number of hydrogen-bond acceptors (Lipinski definition) is 4. The molecule has 0 aliphatic rings. The van der Waals surface area contributed by atoms with E-state index in [0.29, 0.717) is 12.3 Å². The van der Waals surface area contributed by atoms with Crippen LogP contribution in [0.25, 0.3) is 0 Å². The molecule has 3 nitrogen and oxygen atoms in total. The number of aromatic nitrogens is 2. The molecule has 1 aromatic rings. The zero-order chi connectivity index (χ0) is 7.40. The van der Waals surface area contributed by atoms with Gasteiger partial charge < -0.3 is 5.73 Å². The molecule has 0 saturated heterocycles. The molecule has 1 aromatic heterocycles. The van der Waals surface area contributed by atoms with E-state index in [4.69, 9.17) is 5.73 Å². The Labute approximate surface area is 65.1 Å². The van der Waals surface area contributed by atoms with E-state index in [2.05, 4.69) is 22.6 Å². The fourth-order valence-corrected chi connectivity index (χ4v) is 0.732. The molecule has 1 heterocycles. The fourth-order valence-electron chi connectivity index (χ4n) is 0.569. The van der Waals surface area contributed by atoms with Crippen LogP contribution in [0.2, 0.25) is 0 Å². The zero-order valence-corrected chi connectivity index (χ0v) is 6.38. The molecule has 0 saturated carbocycles. The number of nitrogens with zero attached hydrogens (tertiary/aromatic N) is 2. The molecule has 0 atom stereocenters. The predicted molar refractivity (Wildman–Crippen MR) is 42.6 cm³/mol. The van der Waals surface area contributed by atoms with E-state index in [1.807, 2.05) is 0 Å². The second-order valence-electron chi connectivity index (χ2n) is 1.87. The van der Waals surface area contributed by atoms with E-state index in [0.717, 1.165) is 11.4 Å². The molecular formula is C6H9N3S. The minimum atomic E-state index is 0.493. The third-order valence-electron chi connectivity index (χ3n) is 1.14. The summed E-state index contributed by atoms with van der Waals surface area (Å²) in [4.78, 5) is 8.00. The maximum Gasteiger partial charge on any atom is 0.137 e. The quantitative estimate of drug-likeness (QED) is 0.606. The van der Waals surface area contributed by atoms with Crippen molar-refractivity contribution < 1.29 is 0 Å². The van der Waals surface area contributed by atoms with Gasteiger partial charge >= 0.3 is 0 Å². The predicted octanol–water partition coefficient (Wildman–Crippen LogP) is 0.365. The smallest absolute Gasteiger partial charge is 0.137 e. The highest BCUT2D eigenvalue weighted by Crippen LogP contribution is 1.96. The number of nitrogens with two attached hydrogens (primary N) is 1. The minimum Gasteiger partial charge on any atom is -0.326 e. The Morgan fingerprint density at radius 2 is 2.00 bits per heavy atom. The van der Waals surface area contributed by atoms with E-state index in [1.54, 1.807) is 12.4 Å². The van der Waals surface area contributed by atoms with Crippen LogP contribution >= 0.6 is 12.6 Å². The summed E-state index contributed by atoms with van der Waals surface area (Å²) in [6.07, 6.45) is 3.44. The summed E-state index contributed by atoms with van der Waals surface area (Å²) in [7, 11) is 0. The molecule has 0 aliphatic heterocycles. The lowest BCUT2D eigenvalue weighted by molar-refractivity contribution is 0.961. The van der Waals surface area contributed by atoms with Crippen molar-refractivity contribution in [2.45, 2.75) is 12.3 Å². The summed E-state index contributed by atoms with van der Waals surface area (Å²) in [6, 6.07) is 0. The number of thiol groups is 1.